The number of rotatable bonds is 8. The van der Waals surface area contributed by atoms with E-state index in [1.807, 2.05) is 19.9 Å². The van der Waals surface area contributed by atoms with Crippen LogP contribution in [0.4, 0.5) is 0 Å². The fourth-order valence-corrected chi connectivity index (χ4v) is 2.65. The number of nitrogens with one attached hydrogen (secondary N) is 2. The highest BCUT2D eigenvalue weighted by Gasteiger charge is 2.27. The molecule has 1 aromatic carbocycles. The highest BCUT2D eigenvalue weighted by Crippen LogP contribution is 2.18. The molecule has 6 nitrogen and oxygen atoms in total. The number of amides is 1. The van der Waals surface area contributed by atoms with Gasteiger partial charge in [-0.25, -0.2) is 4.98 Å². The van der Waals surface area contributed by atoms with Crippen LogP contribution in [0.5, 0.6) is 0 Å². The molecule has 0 saturated heterocycles. The second-order valence-electron chi connectivity index (χ2n) is 6.83. The molecule has 1 amide bonds. The van der Waals surface area contributed by atoms with Gasteiger partial charge in [-0.3, -0.25) is 9.59 Å². The quantitative estimate of drug-likeness (QED) is 0.683. The standard InChI is InChI=1S/C19H27N3O3/c1-4-13(2)19(3,25)12-20-17(23)11-7-10-16-21-15-9-6-5-8-14(15)18(24)22-16/h5-6,8-9,13,25H,4,7,10-12H2,1-3H3,(H,20,23)(H,21,22,24)/t13-,19+/m1/s1. The number of aromatic nitrogens is 2. The predicted molar refractivity (Wildman–Crippen MR) is 98.4 cm³/mol. The normalized spacial score (nSPS) is 14.9. The maximum Gasteiger partial charge on any atom is 0.258 e. The number of aryl methyl sites for hydroxylation is 1. The summed E-state index contributed by atoms with van der Waals surface area (Å²) in [5.41, 5.74) is -0.403. The number of aromatic amines is 1. The van der Waals surface area contributed by atoms with Crippen LogP contribution in [0.25, 0.3) is 10.9 Å². The van der Waals surface area contributed by atoms with Gasteiger partial charge in [0.2, 0.25) is 5.91 Å². The van der Waals surface area contributed by atoms with Crippen LogP contribution in [0.1, 0.15) is 45.9 Å². The van der Waals surface area contributed by atoms with Gasteiger partial charge in [0.15, 0.2) is 0 Å². The van der Waals surface area contributed by atoms with Crippen molar-refractivity contribution in [3.8, 4) is 0 Å². The molecule has 1 aromatic heterocycles. The topological polar surface area (TPSA) is 95.1 Å². The van der Waals surface area contributed by atoms with Crippen molar-refractivity contribution in [1.29, 1.82) is 0 Å². The Kier molecular flexibility index (Phi) is 6.31. The minimum atomic E-state index is -0.907. The molecule has 0 aliphatic heterocycles. The Balaban J connectivity index is 1.84. The van der Waals surface area contributed by atoms with Crippen LogP contribution in [-0.4, -0.2) is 33.1 Å². The zero-order valence-electron chi connectivity index (χ0n) is 15.1. The molecule has 2 atom stereocenters. The summed E-state index contributed by atoms with van der Waals surface area (Å²) in [4.78, 5) is 31.1. The molecule has 0 spiro atoms. The second-order valence-corrected chi connectivity index (χ2v) is 6.83. The van der Waals surface area contributed by atoms with E-state index in [1.54, 1.807) is 25.1 Å². The van der Waals surface area contributed by atoms with Crippen molar-refractivity contribution in [2.24, 2.45) is 5.92 Å². The average Bonchev–Trinajstić information content (AvgIpc) is 2.59. The van der Waals surface area contributed by atoms with Gasteiger partial charge in [-0.15, -0.1) is 0 Å². The lowest BCUT2D eigenvalue weighted by Crippen LogP contribution is -2.45. The van der Waals surface area contributed by atoms with E-state index < -0.39 is 5.60 Å². The van der Waals surface area contributed by atoms with Crippen LogP contribution < -0.4 is 10.9 Å². The van der Waals surface area contributed by atoms with Crippen LogP contribution in [0.3, 0.4) is 0 Å². The van der Waals surface area contributed by atoms with Crippen molar-refractivity contribution in [2.45, 2.75) is 52.1 Å². The molecule has 0 unspecified atom stereocenters. The molecule has 0 aliphatic carbocycles. The highest BCUT2D eigenvalue weighted by molar-refractivity contribution is 5.77. The molecule has 3 N–H and O–H groups in total. The van der Waals surface area contributed by atoms with E-state index >= 15 is 0 Å². The van der Waals surface area contributed by atoms with Gasteiger partial charge >= 0.3 is 0 Å². The molecule has 0 radical (unpaired) electrons. The summed E-state index contributed by atoms with van der Waals surface area (Å²) in [6.45, 7) is 5.96. The molecule has 136 valence electrons. The molecule has 0 saturated carbocycles. The van der Waals surface area contributed by atoms with Gasteiger partial charge in [-0.1, -0.05) is 32.4 Å². The Morgan fingerprint density at radius 3 is 2.84 bits per heavy atom. The molecule has 6 heteroatoms. The summed E-state index contributed by atoms with van der Waals surface area (Å²) >= 11 is 0. The Morgan fingerprint density at radius 2 is 2.12 bits per heavy atom. The molecule has 2 rings (SSSR count). The number of H-pyrrole nitrogens is 1. The lowest BCUT2D eigenvalue weighted by molar-refractivity contribution is -0.122. The number of carbonyl (C=O) groups is 1. The second kappa shape index (κ2) is 8.25. The van der Waals surface area contributed by atoms with Gasteiger partial charge in [0.1, 0.15) is 5.82 Å². The maximum atomic E-state index is 12.0. The van der Waals surface area contributed by atoms with Crippen molar-refractivity contribution in [1.82, 2.24) is 15.3 Å². The molecular weight excluding hydrogens is 318 g/mol. The van der Waals surface area contributed by atoms with Crippen molar-refractivity contribution < 1.29 is 9.90 Å². The van der Waals surface area contributed by atoms with Gasteiger partial charge in [0.25, 0.3) is 5.56 Å². The van der Waals surface area contributed by atoms with E-state index in [0.717, 1.165) is 6.42 Å². The van der Waals surface area contributed by atoms with Crippen molar-refractivity contribution in [3.05, 3.63) is 40.4 Å². The Hall–Kier alpha value is -2.21. The van der Waals surface area contributed by atoms with Crippen LogP contribution in [0, 0.1) is 5.92 Å². The van der Waals surface area contributed by atoms with E-state index in [1.165, 1.54) is 0 Å². The third-order valence-corrected chi connectivity index (χ3v) is 4.80. The van der Waals surface area contributed by atoms with E-state index in [4.69, 9.17) is 0 Å². The lowest BCUT2D eigenvalue weighted by atomic mass is 9.88. The van der Waals surface area contributed by atoms with E-state index in [2.05, 4.69) is 15.3 Å². The molecule has 0 bridgehead atoms. The number of hydrogen-bond acceptors (Lipinski definition) is 4. The molecule has 25 heavy (non-hydrogen) atoms. The number of para-hydroxylation sites is 1. The first-order valence-electron chi connectivity index (χ1n) is 8.80. The van der Waals surface area contributed by atoms with Crippen LogP contribution in [0.2, 0.25) is 0 Å². The molecule has 2 aromatic rings. The number of aliphatic hydroxyl groups is 1. The van der Waals surface area contributed by atoms with Crippen LogP contribution in [0.15, 0.2) is 29.1 Å². The molecule has 0 aliphatic rings. The summed E-state index contributed by atoms with van der Waals surface area (Å²) in [6, 6.07) is 7.19. The SMILES string of the molecule is CC[C@@H](C)[C@@](C)(O)CNC(=O)CCCc1nc2ccccc2c(=O)[nH]1. The van der Waals surface area contributed by atoms with Gasteiger partial charge in [-0.2, -0.15) is 0 Å². The van der Waals surface area contributed by atoms with Crippen LogP contribution >= 0.6 is 0 Å². The van der Waals surface area contributed by atoms with Gasteiger partial charge in [-0.05, 0) is 31.4 Å². The summed E-state index contributed by atoms with van der Waals surface area (Å²) in [7, 11) is 0. The number of nitrogens with zero attached hydrogens (tertiary/aromatic N) is 1. The Bertz CT molecular complexity index is 783. The summed E-state index contributed by atoms with van der Waals surface area (Å²) in [5.74, 6) is 0.592. The van der Waals surface area contributed by atoms with Gasteiger partial charge in [0, 0.05) is 19.4 Å². The molecule has 1 heterocycles. The zero-order chi connectivity index (χ0) is 18.4. The number of fused-ring (bicyclic) bond motifs is 1. The van der Waals surface area contributed by atoms with E-state index in [0.29, 0.717) is 36.0 Å². The zero-order valence-corrected chi connectivity index (χ0v) is 15.1. The first-order valence-corrected chi connectivity index (χ1v) is 8.80. The Morgan fingerprint density at radius 1 is 1.40 bits per heavy atom. The predicted octanol–water partition coefficient (Wildman–Crippen LogP) is 2.16. The highest BCUT2D eigenvalue weighted by atomic mass is 16.3. The first-order chi connectivity index (χ1) is 11.8. The minimum Gasteiger partial charge on any atom is -0.388 e. The van der Waals surface area contributed by atoms with E-state index in [-0.39, 0.29) is 23.9 Å². The fourth-order valence-electron chi connectivity index (χ4n) is 2.65. The summed E-state index contributed by atoms with van der Waals surface area (Å²) in [5, 5.41) is 13.7. The average molecular weight is 345 g/mol. The third kappa shape index (κ3) is 5.13. The molecular formula is C19H27N3O3. The largest absolute Gasteiger partial charge is 0.388 e. The smallest absolute Gasteiger partial charge is 0.258 e. The van der Waals surface area contributed by atoms with Crippen molar-refractivity contribution >= 4 is 16.8 Å². The Labute approximate surface area is 147 Å². The lowest BCUT2D eigenvalue weighted by Gasteiger charge is -2.29. The van der Waals surface area contributed by atoms with Crippen LogP contribution in [-0.2, 0) is 11.2 Å². The van der Waals surface area contributed by atoms with Crippen molar-refractivity contribution in [3.63, 3.8) is 0 Å². The molecule has 0 fully saturated rings. The summed E-state index contributed by atoms with van der Waals surface area (Å²) < 4.78 is 0. The number of benzene rings is 1. The fraction of sp³-hybridized carbons (Fsp3) is 0.526. The van der Waals surface area contributed by atoms with E-state index in [9.17, 15) is 14.7 Å². The van der Waals surface area contributed by atoms with Gasteiger partial charge < -0.3 is 15.4 Å². The summed E-state index contributed by atoms with van der Waals surface area (Å²) in [6.07, 6.45) is 2.28. The third-order valence-electron chi connectivity index (χ3n) is 4.80. The number of carbonyl (C=O) groups excluding carboxylic acids is 1. The minimum absolute atomic E-state index is 0.105. The van der Waals surface area contributed by atoms with Crippen molar-refractivity contribution in [2.75, 3.05) is 6.54 Å². The maximum absolute atomic E-state index is 12.0. The monoisotopic (exact) mass is 345 g/mol. The first kappa shape index (κ1) is 19.1. The van der Waals surface area contributed by atoms with Gasteiger partial charge in [0.05, 0.1) is 16.5 Å². The number of hydrogen-bond donors (Lipinski definition) is 3.